The molecule has 0 spiro atoms. The van der Waals surface area contributed by atoms with Crippen molar-refractivity contribution in [2.24, 2.45) is 13.0 Å². The van der Waals surface area contributed by atoms with Crippen molar-refractivity contribution >= 4 is 27.9 Å². The molecule has 2 aliphatic rings. The molecule has 1 aliphatic heterocycles. The van der Waals surface area contributed by atoms with Crippen molar-refractivity contribution < 1.29 is 14.6 Å². The number of amides is 1. The summed E-state index contributed by atoms with van der Waals surface area (Å²) in [7, 11) is 1.83. The van der Waals surface area contributed by atoms with Gasteiger partial charge in [-0.25, -0.2) is 14.8 Å². The topological polar surface area (TPSA) is 115 Å². The van der Waals surface area contributed by atoms with Gasteiger partial charge in [-0.1, -0.05) is 0 Å². The van der Waals surface area contributed by atoms with Gasteiger partial charge in [-0.2, -0.15) is 5.10 Å². The molecule has 37 heavy (non-hydrogen) atoms. The summed E-state index contributed by atoms with van der Waals surface area (Å²) in [4.78, 5) is 36.9. The van der Waals surface area contributed by atoms with Crippen LogP contribution in [0.5, 0.6) is 5.75 Å². The Bertz CT molecular complexity index is 1630. The predicted octanol–water partition coefficient (Wildman–Crippen LogP) is 3.93. The van der Waals surface area contributed by atoms with E-state index < -0.39 is 5.60 Å². The number of pyridine rings is 1. The number of hydrogen-bond donors (Lipinski definition) is 1. The highest BCUT2D eigenvalue weighted by atomic mass is 16.6. The largest absolute Gasteiger partial charge is 0.507 e. The van der Waals surface area contributed by atoms with Crippen molar-refractivity contribution in [1.82, 2.24) is 29.2 Å². The molecular weight excluding hydrogens is 472 g/mol. The molecular formula is C27H30N6O4. The third kappa shape index (κ3) is 3.82. The fourth-order valence-corrected chi connectivity index (χ4v) is 5.86. The number of carbonyl (C=O) groups is 1. The van der Waals surface area contributed by atoms with E-state index in [-0.39, 0.29) is 35.4 Å². The number of aryl methyl sites for hydroxylation is 2. The molecule has 0 radical (unpaired) electrons. The number of phenolic OH excluding ortho intramolecular Hbond substituents is 1. The molecule has 10 heteroatoms. The standard InChI is InChI=1S/C27H30N6O4/c1-14-22-16(12-31(5)30-22)9-18(23(14)34)24-28-11-19-20(29-24)6-7-32(25(19)35)21-10-17-8-15(21)13-33(17)26(36)37-27(2,3)4/h6-7,9,11-12,15,17,21,34H,8,10,13H2,1-5H3/t15-,17-,21+/m1/s1. The zero-order valence-corrected chi connectivity index (χ0v) is 21.6. The Kier molecular flexibility index (Phi) is 5.09. The Morgan fingerprint density at radius 2 is 2.03 bits per heavy atom. The molecule has 3 aromatic heterocycles. The number of nitrogens with zero attached hydrogens (tertiary/aromatic N) is 6. The van der Waals surface area contributed by atoms with Crippen LogP contribution in [0.15, 0.2) is 35.5 Å². The van der Waals surface area contributed by atoms with Crippen LogP contribution in [-0.2, 0) is 11.8 Å². The van der Waals surface area contributed by atoms with Crippen LogP contribution in [0.1, 0.15) is 45.2 Å². The number of ether oxygens (including phenoxy) is 1. The van der Waals surface area contributed by atoms with Gasteiger partial charge in [-0.15, -0.1) is 0 Å². The summed E-state index contributed by atoms with van der Waals surface area (Å²) < 4.78 is 9.04. The molecule has 1 aliphatic carbocycles. The number of phenols is 1. The third-order valence-corrected chi connectivity index (χ3v) is 7.53. The van der Waals surface area contributed by atoms with E-state index in [9.17, 15) is 14.7 Å². The van der Waals surface area contributed by atoms with Crippen molar-refractivity contribution in [3.8, 4) is 17.1 Å². The van der Waals surface area contributed by atoms with Crippen molar-refractivity contribution in [2.45, 2.75) is 58.2 Å². The second-order valence-corrected chi connectivity index (χ2v) is 11.2. The summed E-state index contributed by atoms with van der Waals surface area (Å²) in [5.74, 6) is 0.623. The van der Waals surface area contributed by atoms with Gasteiger partial charge in [0, 0.05) is 55.2 Å². The summed E-state index contributed by atoms with van der Waals surface area (Å²) in [6.07, 6.45) is 6.50. The first-order chi connectivity index (χ1) is 17.5. The zero-order valence-electron chi connectivity index (χ0n) is 21.6. The average molecular weight is 503 g/mol. The molecule has 2 bridgehead atoms. The van der Waals surface area contributed by atoms with Crippen LogP contribution in [0, 0.1) is 12.8 Å². The Balaban J connectivity index is 1.30. The third-order valence-electron chi connectivity index (χ3n) is 7.53. The van der Waals surface area contributed by atoms with E-state index in [4.69, 9.17) is 4.74 Å². The highest BCUT2D eigenvalue weighted by Gasteiger charge is 2.48. The number of likely N-dealkylation sites (tertiary alicyclic amines) is 1. The fourth-order valence-electron chi connectivity index (χ4n) is 5.86. The minimum atomic E-state index is -0.536. The summed E-state index contributed by atoms with van der Waals surface area (Å²) in [6.45, 7) is 7.99. The van der Waals surface area contributed by atoms with E-state index >= 15 is 0 Å². The molecule has 1 amide bonds. The molecule has 0 unspecified atom stereocenters. The molecule has 4 heterocycles. The minimum Gasteiger partial charge on any atom is -0.507 e. The second kappa shape index (κ2) is 8.03. The molecule has 1 N–H and O–H groups in total. The normalized spacial score (nSPS) is 21.3. The molecule has 1 saturated carbocycles. The first kappa shape index (κ1) is 23.4. The van der Waals surface area contributed by atoms with Crippen LogP contribution in [0.25, 0.3) is 33.2 Å². The van der Waals surface area contributed by atoms with Crippen molar-refractivity contribution in [3.63, 3.8) is 0 Å². The van der Waals surface area contributed by atoms with Crippen LogP contribution < -0.4 is 5.56 Å². The first-order valence-corrected chi connectivity index (χ1v) is 12.5. The van der Waals surface area contributed by atoms with Crippen LogP contribution >= 0.6 is 0 Å². The van der Waals surface area contributed by atoms with E-state index in [2.05, 4.69) is 15.1 Å². The number of rotatable bonds is 2. The van der Waals surface area contributed by atoms with Gasteiger partial charge in [-0.05, 0) is 58.6 Å². The highest BCUT2D eigenvalue weighted by molar-refractivity contribution is 5.90. The number of piperidine rings is 1. The molecule has 6 rings (SSSR count). The van der Waals surface area contributed by atoms with Crippen LogP contribution in [0.2, 0.25) is 0 Å². The summed E-state index contributed by atoms with van der Waals surface area (Å²) in [6, 6.07) is 3.73. The van der Waals surface area contributed by atoms with Crippen LogP contribution in [0.3, 0.4) is 0 Å². The summed E-state index contributed by atoms with van der Waals surface area (Å²) in [5, 5.41) is 16.5. The van der Waals surface area contributed by atoms with E-state index in [0.717, 1.165) is 17.3 Å². The van der Waals surface area contributed by atoms with E-state index in [1.807, 2.05) is 53.1 Å². The number of aromatic hydroxyl groups is 1. The molecule has 1 saturated heterocycles. The number of benzene rings is 1. The maximum atomic E-state index is 13.5. The Hall–Kier alpha value is -3.95. The van der Waals surface area contributed by atoms with Crippen molar-refractivity contribution in [1.29, 1.82) is 0 Å². The van der Waals surface area contributed by atoms with Gasteiger partial charge in [0.05, 0.1) is 22.0 Å². The van der Waals surface area contributed by atoms with Gasteiger partial charge < -0.3 is 19.3 Å². The Labute approximate surface area is 213 Å². The molecule has 4 aromatic rings. The van der Waals surface area contributed by atoms with E-state index in [1.54, 1.807) is 26.5 Å². The molecule has 10 nitrogen and oxygen atoms in total. The highest BCUT2D eigenvalue weighted by Crippen LogP contribution is 2.45. The molecule has 192 valence electrons. The summed E-state index contributed by atoms with van der Waals surface area (Å²) >= 11 is 0. The van der Waals surface area contributed by atoms with Crippen LogP contribution in [0.4, 0.5) is 4.79 Å². The Morgan fingerprint density at radius 1 is 1.24 bits per heavy atom. The van der Waals surface area contributed by atoms with Gasteiger partial charge in [-0.3, -0.25) is 9.48 Å². The lowest BCUT2D eigenvalue weighted by atomic mass is 10.0. The van der Waals surface area contributed by atoms with Gasteiger partial charge in [0.2, 0.25) is 0 Å². The molecule has 1 aromatic carbocycles. The minimum absolute atomic E-state index is 0.0138. The Morgan fingerprint density at radius 3 is 2.73 bits per heavy atom. The monoisotopic (exact) mass is 502 g/mol. The summed E-state index contributed by atoms with van der Waals surface area (Å²) in [5.41, 5.74) is 1.72. The quantitative estimate of drug-likeness (QED) is 0.442. The predicted molar refractivity (Wildman–Crippen MR) is 138 cm³/mol. The SMILES string of the molecule is Cc1c(O)c(-c2ncc3c(=O)n([C@H]4C[C@H]5C[C@@H]4CN5C(=O)OC(C)(C)C)ccc3n2)cc2cn(C)nc12. The fraction of sp³-hybridized carbons (Fsp3) is 0.444. The van der Waals surface area contributed by atoms with Gasteiger partial charge in [0.25, 0.3) is 5.56 Å². The first-order valence-electron chi connectivity index (χ1n) is 12.5. The van der Waals surface area contributed by atoms with E-state index in [1.165, 1.54) is 0 Å². The lowest BCUT2D eigenvalue weighted by Gasteiger charge is -2.33. The number of carbonyl (C=O) groups excluding carboxylic acids is 1. The van der Waals surface area contributed by atoms with Crippen molar-refractivity contribution in [2.75, 3.05) is 6.54 Å². The van der Waals surface area contributed by atoms with Gasteiger partial charge >= 0.3 is 6.09 Å². The number of fused-ring (bicyclic) bond motifs is 4. The van der Waals surface area contributed by atoms with Gasteiger partial charge in [0.15, 0.2) is 5.82 Å². The van der Waals surface area contributed by atoms with E-state index in [0.29, 0.717) is 40.8 Å². The van der Waals surface area contributed by atoms with Gasteiger partial charge in [0.1, 0.15) is 11.4 Å². The average Bonchev–Trinajstić information content (AvgIpc) is 3.54. The lowest BCUT2D eigenvalue weighted by molar-refractivity contribution is 0.0165. The molecule has 2 fully saturated rings. The smallest absolute Gasteiger partial charge is 0.410 e. The zero-order chi connectivity index (χ0) is 26.2. The number of hydrogen-bond acceptors (Lipinski definition) is 7. The van der Waals surface area contributed by atoms with Crippen molar-refractivity contribution in [3.05, 3.63) is 46.6 Å². The number of aromatic nitrogens is 5. The second-order valence-electron chi connectivity index (χ2n) is 11.2. The lowest BCUT2D eigenvalue weighted by Crippen LogP contribution is -2.44. The maximum absolute atomic E-state index is 13.5. The van der Waals surface area contributed by atoms with Crippen LogP contribution in [-0.4, -0.2) is 58.6 Å². The maximum Gasteiger partial charge on any atom is 0.410 e. The molecule has 3 atom stereocenters.